The first-order valence-corrected chi connectivity index (χ1v) is 11.4. The minimum Gasteiger partial charge on any atom is -0.493 e. The standard InChI is InChI=1S/C27H28N4O4/c1-4-19-16-25(32)31(30-26(19)21-7-10-23(34-2)24(15-21)35-3)17-18-5-8-22(9-6-18)29-27(33)20-11-13-28-14-12-20/h5-15,19H,4,16-17H2,1-3H3,(H,29,33). The van der Waals surface area contributed by atoms with Crippen molar-refractivity contribution < 1.29 is 19.1 Å². The first-order valence-electron chi connectivity index (χ1n) is 11.4. The molecule has 1 N–H and O–H groups in total. The number of hydrogen-bond acceptors (Lipinski definition) is 6. The molecular formula is C27H28N4O4. The molecule has 35 heavy (non-hydrogen) atoms. The summed E-state index contributed by atoms with van der Waals surface area (Å²) in [6.45, 7) is 2.40. The summed E-state index contributed by atoms with van der Waals surface area (Å²) in [4.78, 5) is 29.1. The SMILES string of the molecule is CCC1CC(=O)N(Cc2ccc(NC(=O)c3ccncc3)cc2)N=C1c1ccc(OC)c(OC)c1. The summed E-state index contributed by atoms with van der Waals surface area (Å²) in [6, 6.07) is 16.4. The summed E-state index contributed by atoms with van der Waals surface area (Å²) < 4.78 is 10.8. The van der Waals surface area contributed by atoms with Gasteiger partial charge in [-0.1, -0.05) is 19.1 Å². The Morgan fingerprint density at radius 2 is 1.74 bits per heavy atom. The molecule has 1 atom stereocenters. The quantitative estimate of drug-likeness (QED) is 0.521. The average Bonchev–Trinajstić information content (AvgIpc) is 2.90. The van der Waals surface area contributed by atoms with E-state index in [1.165, 1.54) is 5.01 Å². The van der Waals surface area contributed by atoms with Crippen molar-refractivity contribution in [3.8, 4) is 11.5 Å². The number of benzene rings is 2. The zero-order chi connectivity index (χ0) is 24.8. The topological polar surface area (TPSA) is 93.1 Å². The summed E-state index contributed by atoms with van der Waals surface area (Å²) in [7, 11) is 3.20. The molecule has 4 rings (SSSR count). The lowest BCUT2D eigenvalue weighted by atomic mass is 9.89. The number of hydrogen-bond donors (Lipinski definition) is 1. The lowest BCUT2D eigenvalue weighted by molar-refractivity contribution is -0.133. The molecule has 1 unspecified atom stereocenters. The summed E-state index contributed by atoms with van der Waals surface area (Å²) in [6.07, 6.45) is 4.35. The van der Waals surface area contributed by atoms with Crippen LogP contribution in [-0.4, -0.2) is 41.7 Å². The fourth-order valence-corrected chi connectivity index (χ4v) is 4.00. The molecule has 0 saturated heterocycles. The Balaban J connectivity index is 1.52. The summed E-state index contributed by atoms with van der Waals surface area (Å²) in [5, 5.41) is 9.13. The van der Waals surface area contributed by atoms with E-state index in [1.807, 2.05) is 42.5 Å². The fourth-order valence-electron chi connectivity index (χ4n) is 4.00. The molecule has 1 aromatic heterocycles. The van der Waals surface area contributed by atoms with Crippen molar-refractivity contribution in [2.45, 2.75) is 26.3 Å². The van der Waals surface area contributed by atoms with Gasteiger partial charge in [0.15, 0.2) is 11.5 Å². The Morgan fingerprint density at radius 1 is 1.03 bits per heavy atom. The highest BCUT2D eigenvalue weighted by Crippen LogP contribution is 2.31. The van der Waals surface area contributed by atoms with Crippen molar-refractivity contribution in [3.63, 3.8) is 0 Å². The lowest BCUT2D eigenvalue weighted by Gasteiger charge is -2.29. The Labute approximate surface area is 204 Å². The number of methoxy groups -OCH3 is 2. The number of nitrogens with one attached hydrogen (secondary N) is 1. The Morgan fingerprint density at radius 3 is 2.40 bits per heavy atom. The molecule has 8 heteroatoms. The second-order valence-corrected chi connectivity index (χ2v) is 8.20. The number of aromatic nitrogens is 1. The van der Waals surface area contributed by atoms with Crippen LogP contribution in [0.25, 0.3) is 0 Å². The Kier molecular flexibility index (Phi) is 7.40. The summed E-state index contributed by atoms with van der Waals surface area (Å²) in [5.74, 6) is 1.07. The van der Waals surface area contributed by atoms with Gasteiger partial charge >= 0.3 is 0 Å². The van der Waals surface area contributed by atoms with Crippen LogP contribution in [-0.2, 0) is 11.3 Å². The van der Waals surface area contributed by atoms with E-state index in [4.69, 9.17) is 14.6 Å². The van der Waals surface area contributed by atoms with Crippen molar-refractivity contribution in [1.29, 1.82) is 0 Å². The van der Waals surface area contributed by atoms with Crippen LogP contribution in [0.4, 0.5) is 5.69 Å². The van der Waals surface area contributed by atoms with Gasteiger partial charge in [-0.05, 0) is 54.4 Å². The van der Waals surface area contributed by atoms with Gasteiger partial charge in [-0.2, -0.15) is 5.10 Å². The smallest absolute Gasteiger partial charge is 0.255 e. The van der Waals surface area contributed by atoms with Crippen molar-refractivity contribution in [2.75, 3.05) is 19.5 Å². The van der Waals surface area contributed by atoms with E-state index in [0.29, 0.717) is 35.7 Å². The van der Waals surface area contributed by atoms with Gasteiger partial charge in [-0.3, -0.25) is 14.6 Å². The predicted molar refractivity (Wildman–Crippen MR) is 134 cm³/mol. The third kappa shape index (κ3) is 5.48. The van der Waals surface area contributed by atoms with E-state index in [-0.39, 0.29) is 17.7 Å². The summed E-state index contributed by atoms with van der Waals surface area (Å²) >= 11 is 0. The number of anilines is 1. The minimum atomic E-state index is -0.207. The molecule has 0 fully saturated rings. The molecule has 2 aromatic carbocycles. The van der Waals surface area contributed by atoms with Crippen LogP contribution in [0, 0.1) is 5.92 Å². The molecule has 0 bridgehead atoms. The second-order valence-electron chi connectivity index (χ2n) is 8.20. The van der Waals surface area contributed by atoms with Gasteiger partial charge in [-0.25, -0.2) is 5.01 Å². The minimum absolute atomic E-state index is 0.0175. The van der Waals surface area contributed by atoms with Gasteiger partial charge in [0.25, 0.3) is 5.91 Å². The Bertz CT molecular complexity index is 1230. The van der Waals surface area contributed by atoms with Gasteiger partial charge in [0.05, 0.1) is 26.5 Å². The predicted octanol–water partition coefficient (Wildman–Crippen LogP) is 4.51. The van der Waals surface area contributed by atoms with Crippen molar-refractivity contribution in [1.82, 2.24) is 9.99 Å². The van der Waals surface area contributed by atoms with Crippen LogP contribution in [0.1, 0.15) is 41.3 Å². The molecule has 2 heterocycles. The van der Waals surface area contributed by atoms with E-state index < -0.39 is 0 Å². The lowest BCUT2D eigenvalue weighted by Crippen LogP contribution is -2.36. The molecule has 0 spiro atoms. The molecule has 1 aliphatic rings. The maximum atomic E-state index is 12.8. The van der Waals surface area contributed by atoms with Crippen LogP contribution in [0.2, 0.25) is 0 Å². The average molecular weight is 473 g/mol. The van der Waals surface area contributed by atoms with Crippen molar-refractivity contribution in [3.05, 3.63) is 83.7 Å². The van der Waals surface area contributed by atoms with Crippen LogP contribution in [0.3, 0.4) is 0 Å². The second kappa shape index (κ2) is 10.8. The molecule has 3 aromatic rings. The molecule has 1 aliphatic heterocycles. The van der Waals surface area contributed by atoms with Gasteiger partial charge in [0.1, 0.15) is 0 Å². The van der Waals surface area contributed by atoms with Gasteiger partial charge < -0.3 is 14.8 Å². The maximum absolute atomic E-state index is 12.8. The molecule has 8 nitrogen and oxygen atoms in total. The molecule has 2 amide bonds. The zero-order valence-electron chi connectivity index (χ0n) is 20.0. The van der Waals surface area contributed by atoms with E-state index in [0.717, 1.165) is 23.3 Å². The molecule has 0 radical (unpaired) electrons. The number of ether oxygens (including phenoxy) is 2. The third-order valence-electron chi connectivity index (χ3n) is 5.98. The monoisotopic (exact) mass is 472 g/mol. The first-order chi connectivity index (χ1) is 17.0. The maximum Gasteiger partial charge on any atom is 0.255 e. The third-order valence-corrected chi connectivity index (χ3v) is 5.98. The largest absolute Gasteiger partial charge is 0.493 e. The van der Waals surface area contributed by atoms with Gasteiger partial charge in [-0.15, -0.1) is 0 Å². The fraction of sp³-hybridized carbons (Fsp3) is 0.259. The summed E-state index contributed by atoms with van der Waals surface area (Å²) in [5.41, 5.74) is 3.87. The highest BCUT2D eigenvalue weighted by atomic mass is 16.5. The number of amides is 2. The van der Waals surface area contributed by atoms with Gasteiger partial charge in [0, 0.05) is 41.5 Å². The number of hydrazone groups is 1. The van der Waals surface area contributed by atoms with Crippen LogP contribution in [0.5, 0.6) is 11.5 Å². The highest BCUT2D eigenvalue weighted by molar-refractivity contribution is 6.06. The molecule has 0 saturated carbocycles. The zero-order valence-corrected chi connectivity index (χ0v) is 20.0. The van der Waals surface area contributed by atoms with E-state index in [2.05, 4.69) is 17.2 Å². The number of rotatable bonds is 8. The molecule has 180 valence electrons. The number of pyridine rings is 1. The number of nitrogens with zero attached hydrogens (tertiary/aromatic N) is 3. The van der Waals surface area contributed by atoms with E-state index in [1.54, 1.807) is 38.7 Å². The Hall–Kier alpha value is -4.20. The molecular weight excluding hydrogens is 444 g/mol. The first kappa shape index (κ1) is 23.9. The van der Waals surface area contributed by atoms with Gasteiger partial charge in [0.2, 0.25) is 5.91 Å². The van der Waals surface area contributed by atoms with Crippen LogP contribution in [0.15, 0.2) is 72.1 Å². The van der Waals surface area contributed by atoms with Crippen molar-refractivity contribution >= 4 is 23.2 Å². The normalized spacial score (nSPS) is 15.4. The van der Waals surface area contributed by atoms with Crippen LogP contribution >= 0.6 is 0 Å². The number of carbonyl (C=O) groups is 2. The van der Waals surface area contributed by atoms with E-state index in [9.17, 15) is 9.59 Å². The van der Waals surface area contributed by atoms with Crippen LogP contribution < -0.4 is 14.8 Å². The van der Waals surface area contributed by atoms with Crippen molar-refractivity contribution in [2.24, 2.45) is 11.0 Å². The molecule has 0 aliphatic carbocycles. The highest BCUT2D eigenvalue weighted by Gasteiger charge is 2.29. The number of carbonyl (C=O) groups excluding carboxylic acids is 2. The van der Waals surface area contributed by atoms with E-state index >= 15 is 0 Å².